The lowest BCUT2D eigenvalue weighted by Gasteiger charge is -2.22. The van der Waals surface area contributed by atoms with Crippen molar-refractivity contribution in [2.24, 2.45) is 5.73 Å². The Hall–Kier alpha value is -0.340. The quantitative estimate of drug-likeness (QED) is 0.814. The van der Waals surface area contributed by atoms with Gasteiger partial charge in [-0.25, -0.2) is 13.1 Å². The van der Waals surface area contributed by atoms with Crippen LogP contribution in [-0.2, 0) is 10.0 Å². The molecule has 1 heterocycles. The van der Waals surface area contributed by atoms with E-state index >= 15 is 0 Å². The summed E-state index contributed by atoms with van der Waals surface area (Å²) in [6.45, 7) is 0. The molecule has 0 spiro atoms. The van der Waals surface area contributed by atoms with Crippen molar-refractivity contribution >= 4 is 50.6 Å². The van der Waals surface area contributed by atoms with Crippen LogP contribution in [0.25, 0.3) is 0 Å². The fourth-order valence-corrected chi connectivity index (χ4v) is 5.11. The van der Waals surface area contributed by atoms with Gasteiger partial charge < -0.3 is 5.73 Å². The van der Waals surface area contributed by atoms with Gasteiger partial charge in [0, 0.05) is 17.4 Å². The van der Waals surface area contributed by atoms with Gasteiger partial charge >= 0.3 is 0 Å². The Labute approximate surface area is 133 Å². The van der Waals surface area contributed by atoms with Crippen molar-refractivity contribution < 1.29 is 8.42 Å². The summed E-state index contributed by atoms with van der Waals surface area (Å²) < 4.78 is 27.4. The maximum absolute atomic E-state index is 12.3. The molecule has 1 aliphatic heterocycles. The van der Waals surface area contributed by atoms with Crippen LogP contribution in [0.1, 0.15) is 18.4 Å². The molecule has 8 heteroatoms. The monoisotopic (exact) mass is 350 g/mol. The van der Waals surface area contributed by atoms with E-state index in [-0.39, 0.29) is 20.9 Å². The van der Waals surface area contributed by atoms with Gasteiger partial charge in [-0.2, -0.15) is 11.8 Å². The number of benzene rings is 1. The molecular weight excluding hydrogens is 336 g/mol. The van der Waals surface area contributed by atoms with Crippen molar-refractivity contribution in [1.82, 2.24) is 4.72 Å². The van der Waals surface area contributed by atoms with E-state index in [1.165, 1.54) is 12.1 Å². The topological polar surface area (TPSA) is 72.2 Å². The Morgan fingerprint density at radius 1 is 1.50 bits per heavy atom. The van der Waals surface area contributed by atoms with Gasteiger partial charge in [-0.15, -0.1) is 0 Å². The van der Waals surface area contributed by atoms with Crippen molar-refractivity contribution in [2.45, 2.75) is 23.8 Å². The molecule has 0 saturated carbocycles. The van der Waals surface area contributed by atoms with Crippen molar-refractivity contribution in [1.29, 1.82) is 0 Å². The Balaban J connectivity index is 2.22. The highest BCUT2D eigenvalue weighted by Gasteiger charge is 2.24. The molecular formula is C12H15ClN2O2S3. The number of hydrogen-bond acceptors (Lipinski definition) is 4. The predicted molar refractivity (Wildman–Crippen MR) is 88.0 cm³/mol. The summed E-state index contributed by atoms with van der Waals surface area (Å²) in [5.41, 5.74) is 6.05. The van der Waals surface area contributed by atoms with Crippen molar-refractivity contribution in [2.75, 3.05) is 11.5 Å². The van der Waals surface area contributed by atoms with E-state index in [2.05, 4.69) is 4.72 Å². The first-order chi connectivity index (χ1) is 9.40. The van der Waals surface area contributed by atoms with E-state index in [1.807, 2.05) is 0 Å². The van der Waals surface area contributed by atoms with Gasteiger partial charge in [0.25, 0.3) is 0 Å². The molecule has 20 heavy (non-hydrogen) atoms. The summed E-state index contributed by atoms with van der Waals surface area (Å²) in [4.78, 5) is 0.252. The number of nitrogens with one attached hydrogen (secondary N) is 1. The second kappa shape index (κ2) is 6.62. The molecule has 1 unspecified atom stereocenters. The Kier molecular flexibility index (Phi) is 5.30. The molecule has 1 atom stereocenters. The third-order valence-electron chi connectivity index (χ3n) is 2.99. The lowest BCUT2D eigenvalue weighted by Crippen LogP contribution is -2.38. The van der Waals surface area contributed by atoms with Gasteiger partial charge in [-0.3, -0.25) is 0 Å². The van der Waals surface area contributed by atoms with E-state index in [9.17, 15) is 8.42 Å². The summed E-state index contributed by atoms with van der Waals surface area (Å²) in [6, 6.07) is 4.45. The summed E-state index contributed by atoms with van der Waals surface area (Å²) in [5.74, 6) is 1.88. The minimum atomic E-state index is -3.61. The van der Waals surface area contributed by atoms with Crippen molar-refractivity contribution in [3.63, 3.8) is 0 Å². The van der Waals surface area contributed by atoms with Gasteiger partial charge in [-0.1, -0.05) is 29.9 Å². The standard InChI is InChI=1S/C12H15ClN2O2S3/c13-10-6-8(12(14)18)3-4-11(10)20(16,17)15-9-2-1-5-19-7-9/h3-4,6,9,15H,1-2,5,7H2,(H2,14,18). The van der Waals surface area contributed by atoms with Crippen LogP contribution in [0.4, 0.5) is 0 Å². The minimum absolute atomic E-state index is 0.0370. The maximum Gasteiger partial charge on any atom is 0.242 e. The number of thiocarbonyl (C=S) groups is 1. The first-order valence-electron chi connectivity index (χ1n) is 6.09. The molecule has 0 aliphatic carbocycles. The Morgan fingerprint density at radius 3 is 2.80 bits per heavy atom. The average molecular weight is 351 g/mol. The highest BCUT2D eigenvalue weighted by Crippen LogP contribution is 2.24. The van der Waals surface area contributed by atoms with Crippen LogP contribution in [0.15, 0.2) is 23.1 Å². The smallest absolute Gasteiger partial charge is 0.242 e. The molecule has 2 rings (SSSR count). The molecule has 0 radical (unpaired) electrons. The van der Waals surface area contributed by atoms with E-state index in [4.69, 9.17) is 29.6 Å². The SMILES string of the molecule is NC(=S)c1ccc(S(=O)(=O)NC2CCCSC2)c(Cl)c1. The predicted octanol–water partition coefficient (Wildman–Crippen LogP) is 2.15. The van der Waals surface area contributed by atoms with Crippen LogP contribution in [-0.4, -0.2) is 31.0 Å². The number of sulfonamides is 1. The van der Waals surface area contributed by atoms with Crippen LogP contribution in [0.3, 0.4) is 0 Å². The first-order valence-corrected chi connectivity index (χ1v) is 9.52. The van der Waals surface area contributed by atoms with Gasteiger partial charge in [-0.05, 0) is 30.7 Å². The number of thioether (sulfide) groups is 1. The number of hydrogen-bond donors (Lipinski definition) is 2. The zero-order valence-electron chi connectivity index (χ0n) is 10.6. The maximum atomic E-state index is 12.3. The third kappa shape index (κ3) is 3.85. The zero-order chi connectivity index (χ0) is 14.8. The van der Waals surface area contributed by atoms with E-state index in [1.54, 1.807) is 17.8 Å². The average Bonchev–Trinajstić information content (AvgIpc) is 2.38. The fraction of sp³-hybridized carbons (Fsp3) is 0.417. The first kappa shape index (κ1) is 16.0. The molecule has 0 bridgehead atoms. The van der Waals surface area contributed by atoms with E-state index in [0.717, 1.165) is 24.3 Å². The molecule has 110 valence electrons. The van der Waals surface area contributed by atoms with Crippen molar-refractivity contribution in [3.8, 4) is 0 Å². The zero-order valence-corrected chi connectivity index (χ0v) is 13.8. The van der Waals surface area contributed by atoms with Crippen LogP contribution in [0.2, 0.25) is 5.02 Å². The minimum Gasteiger partial charge on any atom is -0.389 e. The number of halogens is 1. The van der Waals surface area contributed by atoms with Gasteiger partial charge in [0.05, 0.1) is 5.02 Å². The molecule has 1 aromatic rings. The summed E-state index contributed by atoms with van der Waals surface area (Å²) in [5, 5.41) is 0.131. The lowest BCUT2D eigenvalue weighted by molar-refractivity contribution is 0.543. The van der Waals surface area contributed by atoms with Gasteiger partial charge in [0.2, 0.25) is 10.0 Å². The fourth-order valence-electron chi connectivity index (χ4n) is 1.99. The molecule has 1 saturated heterocycles. The Bertz CT molecular complexity index is 613. The molecule has 0 amide bonds. The molecule has 1 aromatic carbocycles. The number of nitrogens with two attached hydrogens (primary N) is 1. The third-order valence-corrected chi connectivity index (χ3v) is 6.44. The summed E-state index contributed by atoms with van der Waals surface area (Å²) >= 11 is 12.6. The second-order valence-electron chi connectivity index (χ2n) is 4.54. The lowest BCUT2D eigenvalue weighted by atomic mass is 10.2. The highest BCUT2D eigenvalue weighted by molar-refractivity contribution is 7.99. The normalized spacial score (nSPS) is 19.8. The van der Waals surface area contributed by atoms with Crippen LogP contribution >= 0.6 is 35.6 Å². The van der Waals surface area contributed by atoms with Crippen LogP contribution in [0, 0.1) is 0 Å². The van der Waals surface area contributed by atoms with E-state index < -0.39 is 10.0 Å². The van der Waals surface area contributed by atoms with Crippen LogP contribution < -0.4 is 10.5 Å². The summed E-state index contributed by atoms with van der Waals surface area (Å²) in [7, 11) is -3.61. The highest BCUT2D eigenvalue weighted by atomic mass is 35.5. The second-order valence-corrected chi connectivity index (χ2v) is 8.22. The Morgan fingerprint density at radius 2 is 2.25 bits per heavy atom. The van der Waals surface area contributed by atoms with Gasteiger partial charge in [0.1, 0.15) is 9.88 Å². The molecule has 1 fully saturated rings. The molecule has 0 aromatic heterocycles. The molecule has 1 aliphatic rings. The molecule has 3 N–H and O–H groups in total. The van der Waals surface area contributed by atoms with Crippen molar-refractivity contribution in [3.05, 3.63) is 28.8 Å². The summed E-state index contributed by atoms with van der Waals surface area (Å²) in [6.07, 6.45) is 1.88. The number of rotatable bonds is 4. The molecule has 4 nitrogen and oxygen atoms in total. The van der Waals surface area contributed by atoms with Crippen LogP contribution in [0.5, 0.6) is 0 Å². The van der Waals surface area contributed by atoms with E-state index in [0.29, 0.717) is 5.56 Å². The van der Waals surface area contributed by atoms with Gasteiger partial charge in [0.15, 0.2) is 0 Å². The largest absolute Gasteiger partial charge is 0.389 e.